The van der Waals surface area contributed by atoms with Crippen LogP contribution in [0, 0.1) is 0 Å². The van der Waals surface area contributed by atoms with Crippen molar-refractivity contribution in [2.45, 2.75) is 77.7 Å². The van der Waals surface area contributed by atoms with E-state index in [1.807, 2.05) is 31.2 Å². The SMILES string of the molecule is CCCCCCCCCCOc1ncc(-c2cccc(C(O)CC)c2)cn1. The molecule has 1 unspecified atom stereocenters. The smallest absolute Gasteiger partial charge is 0.316 e. The highest BCUT2D eigenvalue weighted by molar-refractivity contribution is 5.62. The Morgan fingerprint density at radius 1 is 0.889 bits per heavy atom. The molecule has 4 nitrogen and oxygen atoms in total. The van der Waals surface area contributed by atoms with Crippen molar-refractivity contribution in [3.63, 3.8) is 0 Å². The van der Waals surface area contributed by atoms with Gasteiger partial charge in [-0.15, -0.1) is 0 Å². The van der Waals surface area contributed by atoms with Crippen LogP contribution in [0.4, 0.5) is 0 Å². The van der Waals surface area contributed by atoms with E-state index in [2.05, 4.69) is 16.9 Å². The fraction of sp³-hybridized carbons (Fsp3) is 0.565. The predicted octanol–water partition coefficient (Wildman–Crippen LogP) is 6.11. The zero-order valence-electron chi connectivity index (χ0n) is 16.9. The summed E-state index contributed by atoms with van der Waals surface area (Å²) in [5.41, 5.74) is 2.86. The minimum atomic E-state index is -0.430. The monoisotopic (exact) mass is 370 g/mol. The first-order valence-electron chi connectivity index (χ1n) is 10.5. The molecule has 1 aromatic heterocycles. The molecule has 1 N–H and O–H groups in total. The average molecular weight is 371 g/mol. The van der Waals surface area contributed by atoms with Gasteiger partial charge in [0.1, 0.15) is 0 Å². The third-order valence-corrected chi connectivity index (χ3v) is 4.85. The van der Waals surface area contributed by atoms with Gasteiger partial charge in [0.15, 0.2) is 0 Å². The quantitative estimate of drug-likeness (QED) is 0.432. The van der Waals surface area contributed by atoms with Gasteiger partial charge >= 0.3 is 6.01 Å². The lowest BCUT2D eigenvalue weighted by Crippen LogP contribution is -2.01. The van der Waals surface area contributed by atoms with Crippen LogP contribution in [-0.2, 0) is 0 Å². The lowest BCUT2D eigenvalue weighted by molar-refractivity contribution is 0.174. The van der Waals surface area contributed by atoms with Gasteiger partial charge in [-0.2, -0.15) is 0 Å². The van der Waals surface area contributed by atoms with Gasteiger partial charge in [-0.25, -0.2) is 9.97 Å². The van der Waals surface area contributed by atoms with E-state index in [0.29, 0.717) is 19.0 Å². The summed E-state index contributed by atoms with van der Waals surface area (Å²) >= 11 is 0. The van der Waals surface area contributed by atoms with Crippen molar-refractivity contribution < 1.29 is 9.84 Å². The van der Waals surface area contributed by atoms with E-state index >= 15 is 0 Å². The topological polar surface area (TPSA) is 55.2 Å². The zero-order valence-corrected chi connectivity index (χ0v) is 16.9. The maximum absolute atomic E-state index is 10.0. The fourth-order valence-electron chi connectivity index (χ4n) is 3.10. The summed E-state index contributed by atoms with van der Waals surface area (Å²) in [5, 5.41) is 10.0. The van der Waals surface area contributed by atoms with Crippen molar-refractivity contribution in [2.24, 2.45) is 0 Å². The summed E-state index contributed by atoms with van der Waals surface area (Å²) in [6.45, 7) is 4.89. The Bertz CT molecular complexity index is 643. The van der Waals surface area contributed by atoms with Crippen LogP contribution in [0.1, 0.15) is 83.3 Å². The summed E-state index contributed by atoms with van der Waals surface area (Å²) in [6, 6.07) is 8.33. The van der Waals surface area contributed by atoms with Crippen LogP contribution in [0.3, 0.4) is 0 Å². The van der Waals surface area contributed by atoms with Crippen LogP contribution in [-0.4, -0.2) is 21.7 Å². The number of nitrogens with zero attached hydrogens (tertiary/aromatic N) is 2. The largest absolute Gasteiger partial charge is 0.463 e. The summed E-state index contributed by atoms with van der Waals surface area (Å²) < 4.78 is 5.66. The van der Waals surface area contributed by atoms with Crippen molar-refractivity contribution in [1.82, 2.24) is 9.97 Å². The molecule has 0 bridgehead atoms. The van der Waals surface area contributed by atoms with E-state index in [1.54, 1.807) is 12.4 Å². The van der Waals surface area contributed by atoms with Crippen LogP contribution in [0.5, 0.6) is 6.01 Å². The molecule has 2 rings (SSSR count). The summed E-state index contributed by atoms with van der Waals surface area (Å²) in [5.74, 6) is 0. The number of ether oxygens (including phenoxy) is 1. The van der Waals surface area contributed by atoms with Crippen molar-refractivity contribution in [3.05, 3.63) is 42.2 Å². The van der Waals surface area contributed by atoms with E-state index < -0.39 is 6.10 Å². The standard InChI is InChI=1S/C23H34N2O2/c1-3-5-6-7-8-9-10-11-15-27-23-24-17-21(18-25-23)19-13-12-14-20(16-19)22(26)4-2/h12-14,16-18,22,26H,3-11,15H2,1-2H3. The Balaban J connectivity index is 1.72. The number of unbranched alkanes of at least 4 members (excludes halogenated alkanes) is 7. The van der Waals surface area contributed by atoms with Crippen LogP contribution < -0.4 is 4.74 Å². The van der Waals surface area contributed by atoms with E-state index in [4.69, 9.17) is 4.74 Å². The van der Waals surface area contributed by atoms with Gasteiger partial charge in [0.05, 0.1) is 12.7 Å². The number of hydrogen-bond donors (Lipinski definition) is 1. The first kappa shape index (κ1) is 21.4. The molecule has 148 valence electrons. The van der Waals surface area contributed by atoms with Crippen molar-refractivity contribution >= 4 is 0 Å². The maximum atomic E-state index is 10.0. The van der Waals surface area contributed by atoms with Crippen LogP contribution in [0.2, 0.25) is 0 Å². The highest BCUT2D eigenvalue weighted by Crippen LogP contribution is 2.24. The first-order valence-corrected chi connectivity index (χ1v) is 10.5. The fourth-order valence-corrected chi connectivity index (χ4v) is 3.10. The summed E-state index contributed by atoms with van der Waals surface area (Å²) in [4.78, 5) is 8.64. The third kappa shape index (κ3) is 7.67. The van der Waals surface area contributed by atoms with Gasteiger partial charge in [0, 0.05) is 18.0 Å². The van der Waals surface area contributed by atoms with Crippen molar-refractivity contribution in [2.75, 3.05) is 6.61 Å². The molecule has 0 aliphatic carbocycles. The molecule has 2 aromatic rings. The number of aliphatic hydroxyl groups excluding tert-OH is 1. The molecule has 0 aliphatic rings. The van der Waals surface area contributed by atoms with Gasteiger partial charge in [0.25, 0.3) is 0 Å². The normalized spacial score (nSPS) is 12.1. The maximum Gasteiger partial charge on any atom is 0.316 e. The Labute approximate surface area is 164 Å². The van der Waals surface area contributed by atoms with Gasteiger partial charge < -0.3 is 9.84 Å². The Morgan fingerprint density at radius 2 is 1.56 bits per heavy atom. The van der Waals surface area contributed by atoms with Crippen LogP contribution in [0.15, 0.2) is 36.7 Å². The molecule has 27 heavy (non-hydrogen) atoms. The molecule has 0 fully saturated rings. The zero-order chi connectivity index (χ0) is 19.3. The Hall–Kier alpha value is -1.94. The van der Waals surface area contributed by atoms with E-state index in [1.165, 1.54) is 44.9 Å². The number of benzene rings is 1. The molecular weight excluding hydrogens is 336 g/mol. The van der Waals surface area contributed by atoms with E-state index in [9.17, 15) is 5.11 Å². The highest BCUT2D eigenvalue weighted by Gasteiger charge is 2.07. The number of hydrogen-bond acceptors (Lipinski definition) is 4. The lowest BCUT2D eigenvalue weighted by atomic mass is 10.0. The number of rotatable bonds is 13. The lowest BCUT2D eigenvalue weighted by Gasteiger charge is -2.10. The molecule has 1 heterocycles. The van der Waals surface area contributed by atoms with E-state index in [-0.39, 0.29) is 0 Å². The highest BCUT2D eigenvalue weighted by atomic mass is 16.5. The van der Waals surface area contributed by atoms with Crippen molar-refractivity contribution in [1.29, 1.82) is 0 Å². The molecule has 1 atom stereocenters. The van der Waals surface area contributed by atoms with Gasteiger partial charge in [-0.1, -0.05) is 77.0 Å². The molecule has 0 radical (unpaired) electrons. The minimum Gasteiger partial charge on any atom is -0.463 e. The second-order valence-corrected chi connectivity index (χ2v) is 7.13. The van der Waals surface area contributed by atoms with E-state index in [0.717, 1.165) is 23.1 Å². The summed E-state index contributed by atoms with van der Waals surface area (Å²) in [6.07, 6.45) is 14.1. The van der Waals surface area contributed by atoms with Crippen molar-refractivity contribution in [3.8, 4) is 17.1 Å². The number of aliphatic hydroxyl groups is 1. The molecular formula is C23H34N2O2. The molecule has 0 aliphatic heterocycles. The Kier molecular flexibility index (Phi) is 9.85. The van der Waals surface area contributed by atoms with Gasteiger partial charge in [-0.3, -0.25) is 0 Å². The molecule has 0 saturated carbocycles. The van der Waals surface area contributed by atoms with Crippen LogP contribution >= 0.6 is 0 Å². The number of aromatic nitrogens is 2. The molecule has 0 spiro atoms. The summed E-state index contributed by atoms with van der Waals surface area (Å²) in [7, 11) is 0. The third-order valence-electron chi connectivity index (χ3n) is 4.85. The van der Waals surface area contributed by atoms with Gasteiger partial charge in [-0.05, 0) is 30.0 Å². The molecule has 1 aromatic carbocycles. The molecule has 0 saturated heterocycles. The first-order chi connectivity index (χ1) is 13.2. The molecule has 0 amide bonds. The Morgan fingerprint density at radius 3 is 2.22 bits per heavy atom. The van der Waals surface area contributed by atoms with Crippen LogP contribution in [0.25, 0.3) is 11.1 Å². The van der Waals surface area contributed by atoms with Gasteiger partial charge in [0.2, 0.25) is 0 Å². The minimum absolute atomic E-state index is 0.430. The molecule has 4 heteroatoms. The second-order valence-electron chi connectivity index (χ2n) is 7.13. The second kappa shape index (κ2) is 12.4. The average Bonchev–Trinajstić information content (AvgIpc) is 2.72. The predicted molar refractivity (Wildman–Crippen MR) is 111 cm³/mol.